The third-order valence-corrected chi connectivity index (χ3v) is 2.13. The van der Waals surface area contributed by atoms with E-state index in [1.807, 2.05) is 0 Å². The summed E-state index contributed by atoms with van der Waals surface area (Å²) in [5, 5.41) is 5.08. The number of rotatable bonds is 12. The quantitative estimate of drug-likeness (QED) is 0.303. The number of hydrogen-bond donors (Lipinski definition) is 3. The third-order valence-electron chi connectivity index (χ3n) is 2.13. The normalized spacial score (nSPS) is 9.80. The van der Waals surface area contributed by atoms with Crippen LogP contribution in [0.15, 0.2) is 0 Å². The summed E-state index contributed by atoms with van der Waals surface area (Å²) in [7, 11) is 0. The van der Waals surface area contributed by atoms with Crippen LogP contribution in [-0.2, 0) is 19.1 Å². The maximum absolute atomic E-state index is 11.3. The molecule has 0 unspecified atom stereocenters. The highest BCUT2D eigenvalue weighted by atomic mass is 16.5. The van der Waals surface area contributed by atoms with Crippen molar-refractivity contribution in [3.05, 3.63) is 0 Å². The van der Waals surface area contributed by atoms with Crippen LogP contribution in [-0.4, -0.2) is 57.9 Å². The molecule has 0 atom stereocenters. The van der Waals surface area contributed by atoms with Crippen molar-refractivity contribution >= 4 is 11.8 Å². The van der Waals surface area contributed by atoms with Gasteiger partial charge in [-0.2, -0.15) is 0 Å². The van der Waals surface area contributed by atoms with Gasteiger partial charge in [0.15, 0.2) is 0 Å². The molecule has 0 heterocycles. The van der Waals surface area contributed by atoms with Crippen LogP contribution in [0, 0.1) is 12.3 Å². The van der Waals surface area contributed by atoms with Gasteiger partial charge in [0, 0.05) is 19.8 Å². The first-order chi connectivity index (χ1) is 9.70. The molecule has 7 heteroatoms. The third kappa shape index (κ3) is 12.8. The largest absolute Gasteiger partial charge is 0.381 e. The number of nitrogens with two attached hydrogens (primary N) is 1. The highest BCUT2D eigenvalue weighted by Gasteiger charge is 2.03. The molecule has 0 rings (SSSR count). The summed E-state index contributed by atoms with van der Waals surface area (Å²) in [5.74, 6) is 1.65. The van der Waals surface area contributed by atoms with Crippen molar-refractivity contribution in [1.82, 2.24) is 10.6 Å². The van der Waals surface area contributed by atoms with Crippen molar-refractivity contribution in [2.45, 2.75) is 12.8 Å². The molecule has 4 N–H and O–H groups in total. The molecule has 0 aromatic heterocycles. The molecule has 0 radical (unpaired) electrons. The predicted molar refractivity (Wildman–Crippen MR) is 74.8 cm³/mol. The molecule has 0 spiro atoms. The highest BCUT2D eigenvalue weighted by molar-refractivity contribution is 5.79. The van der Waals surface area contributed by atoms with Gasteiger partial charge in [-0.3, -0.25) is 9.59 Å². The van der Waals surface area contributed by atoms with Crippen molar-refractivity contribution in [3.63, 3.8) is 0 Å². The fraction of sp³-hybridized carbons (Fsp3) is 0.692. The molecule has 20 heavy (non-hydrogen) atoms. The lowest BCUT2D eigenvalue weighted by atomic mass is 10.4. The van der Waals surface area contributed by atoms with Gasteiger partial charge in [-0.05, 0) is 19.4 Å². The molecule has 114 valence electrons. The van der Waals surface area contributed by atoms with Crippen LogP contribution in [0.2, 0.25) is 0 Å². The summed E-state index contributed by atoms with van der Waals surface area (Å²) < 4.78 is 10.2. The van der Waals surface area contributed by atoms with E-state index in [0.717, 1.165) is 12.8 Å². The minimum Gasteiger partial charge on any atom is -0.381 e. The van der Waals surface area contributed by atoms with Crippen LogP contribution < -0.4 is 16.4 Å². The van der Waals surface area contributed by atoms with Crippen molar-refractivity contribution in [1.29, 1.82) is 0 Å². The van der Waals surface area contributed by atoms with E-state index in [1.54, 1.807) is 0 Å². The molecule has 0 aliphatic heterocycles. The Bertz CT molecular complexity index is 315. The number of nitrogens with one attached hydrogen (secondary N) is 2. The van der Waals surface area contributed by atoms with Gasteiger partial charge in [-0.1, -0.05) is 5.92 Å². The lowest BCUT2D eigenvalue weighted by Crippen LogP contribution is -2.32. The van der Waals surface area contributed by atoms with Crippen molar-refractivity contribution in [3.8, 4) is 12.3 Å². The van der Waals surface area contributed by atoms with E-state index in [-0.39, 0.29) is 31.6 Å². The van der Waals surface area contributed by atoms with E-state index in [2.05, 4.69) is 16.6 Å². The van der Waals surface area contributed by atoms with Crippen LogP contribution >= 0.6 is 0 Å². The first-order valence-electron chi connectivity index (χ1n) is 6.53. The fourth-order valence-electron chi connectivity index (χ4n) is 1.18. The lowest BCUT2D eigenvalue weighted by molar-refractivity contribution is -0.130. The van der Waals surface area contributed by atoms with Crippen LogP contribution in [0.3, 0.4) is 0 Å². The van der Waals surface area contributed by atoms with Gasteiger partial charge in [0.1, 0.15) is 13.2 Å². The zero-order valence-corrected chi connectivity index (χ0v) is 11.7. The van der Waals surface area contributed by atoms with Crippen molar-refractivity contribution in [2.75, 3.05) is 46.1 Å². The maximum Gasteiger partial charge on any atom is 0.246 e. The Labute approximate surface area is 119 Å². The number of ether oxygens (including phenoxy) is 2. The molecule has 0 saturated heterocycles. The van der Waals surface area contributed by atoms with Gasteiger partial charge in [0.25, 0.3) is 0 Å². The fourth-order valence-corrected chi connectivity index (χ4v) is 1.18. The first-order valence-corrected chi connectivity index (χ1v) is 6.53. The van der Waals surface area contributed by atoms with Crippen molar-refractivity contribution < 1.29 is 19.1 Å². The molecule has 0 aromatic rings. The Morgan fingerprint density at radius 1 is 1.05 bits per heavy atom. The zero-order valence-electron chi connectivity index (χ0n) is 11.7. The molecular weight excluding hydrogens is 262 g/mol. The van der Waals surface area contributed by atoms with Gasteiger partial charge in [0.2, 0.25) is 11.8 Å². The maximum atomic E-state index is 11.3. The van der Waals surface area contributed by atoms with Gasteiger partial charge < -0.3 is 25.8 Å². The van der Waals surface area contributed by atoms with Crippen LogP contribution in [0.5, 0.6) is 0 Å². The summed E-state index contributed by atoms with van der Waals surface area (Å²) >= 11 is 0. The lowest BCUT2D eigenvalue weighted by Gasteiger charge is -2.06. The molecule has 0 aromatic carbocycles. The average molecular weight is 285 g/mol. The average Bonchev–Trinajstić information content (AvgIpc) is 2.44. The molecule has 2 amide bonds. The zero-order chi connectivity index (χ0) is 15.1. The number of carbonyl (C=O) groups is 2. The Hall–Kier alpha value is -1.62. The SMILES string of the molecule is C#CCNC(=O)COCC(=O)NCCCOCCCN. The second kappa shape index (κ2) is 13.8. The minimum absolute atomic E-state index is 0.151. The van der Waals surface area contributed by atoms with E-state index in [1.165, 1.54) is 0 Å². The highest BCUT2D eigenvalue weighted by Crippen LogP contribution is 1.84. The number of carbonyl (C=O) groups excluding carboxylic acids is 2. The molecule has 0 bridgehead atoms. The Balaban J connectivity index is 3.33. The number of terminal acetylenes is 1. The van der Waals surface area contributed by atoms with E-state index < -0.39 is 0 Å². The Morgan fingerprint density at radius 2 is 1.70 bits per heavy atom. The first kappa shape index (κ1) is 18.4. The summed E-state index contributed by atoms with van der Waals surface area (Å²) in [6.45, 7) is 2.15. The van der Waals surface area contributed by atoms with Crippen LogP contribution in [0.4, 0.5) is 0 Å². The molecule has 0 saturated carbocycles. The predicted octanol–water partition coefficient (Wildman–Crippen LogP) is -1.38. The number of hydrogen-bond acceptors (Lipinski definition) is 5. The Morgan fingerprint density at radius 3 is 2.35 bits per heavy atom. The molecular formula is C13H23N3O4. The molecule has 0 fully saturated rings. The van der Waals surface area contributed by atoms with E-state index >= 15 is 0 Å². The summed E-state index contributed by atoms with van der Waals surface area (Å²) in [6.07, 6.45) is 6.53. The second-order valence-electron chi connectivity index (χ2n) is 3.93. The van der Waals surface area contributed by atoms with Gasteiger partial charge >= 0.3 is 0 Å². The Kier molecular flexibility index (Phi) is 12.7. The standard InChI is InChI=1S/C13H23N3O4/c1-2-6-15-12(17)10-20-11-13(18)16-7-4-9-19-8-3-5-14/h1H,3-11,14H2,(H,15,17)(H,16,18). The summed E-state index contributed by atoms with van der Waals surface area (Å²) in [4.78, 5) is 22.4. The molecule has 0 aliphatic rings. The summed E-state index contributed by atoms with van der Waals surface area (Å²) in [6, 6.07) is 0. The molecule has 0 aliphatic carbocycles. The van der Waals surface area contributed by atoms with Gasteiger partial charge in [0.05, 0.1) is 6.54 Å². The van der Waals surface area contributed by atoms with E-state index in [4.69, 9.17) is 21.6 Å². The summed E-state index contributed by atoms with van der Waals surface area (Å²) in [5.41, 5.74) is 5.31. The topological polar surface area (TPSA) is 103 Å². The van der Waals surface area contributed by atoms with Crippen LogP contribution in [0.25, 0.3) is 0 Å². The second-order valence-corrected chi connectivity index (χ2v) is 3.93. The monoisotopic (exact) mass is 285 g/mol. The van der Waals surface area contributed by atoms with E-state index in [9.17, 15) is 9.59 Å². The minimum atomic E-state index is -0.343. The smallest absolute Gasteiger partial charge is 0.246 e. The van der Waals surface area contributed by atoms with Gasteiger partial charge in [-0.25, -0.2) is 0 Å². The molecule has 7 nitrogen and oxygen atoms in total. The van der Waals surface area contributed by atoms with Crippen LogP contribution in [0.1, 0.15) is 12.8 Å². The van der Waals surface area contributed by atoms with Gasteiger partial charge in [-0.15, -0.1) is 6.42 Å². The number of amides is 2. The van der Waals surface area contributed by atoms with Crippen molar-refractivity contribution in [2.24, 2.45) is 5.73 Å². The van der Waals surface area contributed by atoms with E-state index in [0.29, 0.717) is 26.3 Å².